The van der Waals surface area contributed by atoms with Crippen LogP contribution in [0.2, 0.25) is 0 Å². The fourth-order valence-corrected chi connectivity index (χ4v) is 0. The molecule has 0 fully saturated rings. The van der Waals surface area contributed by atoms with Crippen molar-refractivity contribution < 1.29 is 60.7 Å². The molecule has 0 saturated carbocycles. The summed E-state index contributed by atoms with van der Waals surface area (Å²) in [6.45, 7) is 0. The van der Waals surface area contributed by atoms with Gasteiger partial charge in [-0.15, -0.1) is 20.2 Å². The van der Waals surface area contributed by atoms with Crippen molar-refractivity contribution >= 4 is 0 Å². The van der Waals surface area contributed by atoms with E-state index >= 15 is 0 Å². The van der Waals surface area contributed by atoms with Crippen molar-refractivity contribution in [3.63, 3.8) is 0 Å². The first-order valence-corrected chi connectivity index (χ1v) is 1.68. The van der Waals surface area contributed by atoms with Crippen LogP contribution in [0.1, 0.15) is 0 Å². The van der Waals surface area contributed by atoms with Crippen molar-refractivity contribution in [2.24, 2.45) is 0 Å². The van der Waals surface area contributed by atoms with Crippen LogP contribution in [0.3, 0.4) is 0 Å². The zero-order valence-electron chi connectivity index (χ0n) is 6.59. The van der Waals surface area contributed by atoms with E-state index in [1.54, 1.807) is 0 Å². The minimum atomic E-state index is -1.75. The summed E-state index contributed by atoms with van der Waals surface area (Å²) in [6.07, 6.45) is 0. The first kappa shape index (κ1) is 29.4. The summed E-state index contributed by atoms with van der Waals surface area (Å²) in [4.78, 5) is 25.0. The van der Waals surface area contributed by atoms with Gasteiger partial charge in [-0.3, -0.25) is 0 Å². The Balaban J connectivity index is -0.0000000270. The minimum Gasteiger partial charge on any atom is -0.412 e. The maximum atomic E-state index is 8.36. The van der Waals surface area contributed by atoms with Gasteiger partial charge in [0.15, 0.2) is 0 Å². The van der Waals surface area contributed by atoms with Gasteiger partial charge < -0.3 is 31.2 Å². The van der Waals surface area contributed by atoms with Crippen molar-refractivity contribution in [2.75, 3.05) is 0 Å². The summed E-state index contributed by atoms with van der Waals surface area (Å²) in [5.41, 5.74) is 0. The molecule has 0 aromatic carbocycles. The Morgan fingerprint density at radius 2 is 0.786 bits per heavy atom. The molecule has 80 valence electrons. The fraction of sp³-hybridized carbons (Fsp3) is 0. The van der Waals surface area contributed by atoms with Crippen molar-refractivity contribution in [3.05, 3.63) is 35.6 Å². The number of rotatable bonds is 0. The SMILES string of the molecule is O.O=[N+]([O-])O.O=[N+]([O-])O.O=[N+]([O-])[O-].[Na+]. The molecule has 14 heteroatoms. The van der Waals surface area contributed by atoms with Crippen LogP contribution in [-0.2, 0) is 0 Å². The minimum absolute atomic E-state index is 0. The Morgan fingerprint density at radius 3 is 0.786 bits per heavy atom. The van der Waals surface area contributed by atoms with Gasteiger partial charge in [-0.1, -0.05) is 0 Å². The summed E-state index contributed by atoms with van der Waals surface area (Å²) >= 11 is 0. The zero-order valence-corrected chi connectivity index (χ0v) is 8.59. The molecule has 0 spiro atoms. The first-order chi connectivity index (χ1) is 5.20. The Morgan fingerprint density at radius 1 is 0.786 bits per heavy atom. The van der Waals surface area contributed by atoms with Crippen LogP contribution in [0.15, 0.2) is 0 Å². The maximum absolute atomic E-state index is 8.36. The largest absolute Gasteiger partial charge is 1.00 e. The van der Waals surface area contributed by atoms with Crippen molar-refractivity contribution in [2.45, 2.75) is 0 Å². The fourth-order valence-electron chi connectivity index (χ4n) is 0. The summed E-state index contributed by atoms with van der Waals surface area (Å²) in [7, 11) is 0. The van der Waals surface area contributed by atoms with E-state index in [1.807, 2.05) is 0 Å². The smallest absolute Gasteiger partial charge is 0.412 e. The van der Waals surface area contributed by atoms with Gasteiger partial charge >= 0.3 is 29.6 Å². The van der Waals surface area contributed by atoms with Gasteiger partial charge in [0, 0.05) is 0 Å². The summed E-state index contributed by atoms with van der Waals surface area (Å²) < 4.78 is 0. The van der Waals surface area contributed by atoms with Gasteiger partial charge in [0.1, 0.15) is 0 Å². The summed E-state index contributed by atoms with van der Waals surface area (Å²) in [5.74, 6) is 0. The summed E-state index contributed by atoms with van der Waals surface area (Å²) in [6, 6.07) is 0. The van der Waals surface area contributed by atoms with Gasteiger partial charge in [-0.2, -0.15) is 0 Å². The second-order valence-corrected chi connectivity index (χ2v) is 0.699. The van der Waals surface area contributed by atoms with E-state index in [4.69, 9.17) is 46.0 Å². The second kappa shape index (κ2) is 22.6. The molecule has 0 atom stereocenters. The average Bonchev–Trinajstić information content (AvgIpc) is 1.54. The van der Waals surface area contributed by atoms with Gasteiger partial charge in [0.25, 0.3) is 10.2 Å². The zero-order chi connectivity index (χ0) is 10.7. The maximum Gasteiger partial charge on any atom is 1.00 e. The van der Waals surface area contributed by atoms with Gasteiger partial charge in [-0.05, 0) is 0 Å². The first-order valence-electron chi connectivity index (χ1n) is 1.68. The molecule has 0 amide bonds. The van der Waals surface area contributed by atoms with Crippen LogP contribution in [0.25, 0.3) is 0 Å². The van der Waals surface area contributed by atoms with E-state index in [0.29, 0.717) is 0 Å². The molecule has 0 bridgehead atoms. The third kappa shape index (κ3) is 465. The molecule has 0 saturated heterocycles. The van der Waals surface area contributed by atoms with Crippen LogP contribution in [0.5, 0.6) is 0 Å². The molecule has 0 rings (SSSR count). The molecule has 0 aliphatic heterocycles. The molecule has 0 aliphatic carbocycles. The molecule has 13 nitrogen and oxygen atoms in total. The standard InChI is InChI=1S/2HNO3.NO3.Na.H2O/c3*2-1(3)4;;/h2*(H,2,3,4);;;1H2/q;;-1;+1;. The Labute approximate surface area is 96.5 Å². The van der Waals surface area contributed by atoms with E-state index < -0.39 is 15.3 Å². The molecule has 0 aliphatic rings. The van der Waals surface area contributed by atoms with E-state index in [0.717, 1.165) is 0 Å². The predicted octanol–water partition coefficient (Wildman–Crippen LogP) is -4.76. The monoisotopic (exact) mass is 229 g/mol. The molecule has 14 heavy (non-hydrogen) atoms. The molecular formula is H4N3NaO10. The molecule has 0 unspecified atom stereocenters. The number of hydrogen-bond donors (Lipinski definition) is 2. The average molecular weight is 229 g/mol. The molecule has 4 N–H and O–H groups in total. The van der Waals surface area contributed by atoms with Gasteiger partial charge in [0.2, 0.25) is 0 Å². The molecule has 0 aromatic rings. The van der Waals surface area contributed by atoms with Crippen LogP contribution in [0, 0.1) is 35.6 Å². The third-order valence-corrected chi connectivity index (χ3v) is 0. The Bertz CT molecular complexity index is 113. The molecular weight excluding hydrogens is 225 g/mol. The predicted molar refractivity (Wildman–Crippen MR) is 31.5 cm³/mol. The normalized spacial score (nSPS) is 5.14. The van der Waals surface area contributed by atoms with E-state index in [-0.39, 0.29) is 35.0 Å². The number of nitrogens with zero attached hydrogens (tertiary/aromatic N) is 3. The second-order valence-electron chi connectivity index (χ2n) is 0.699. The van der Waals surface area contributed by atoms with Crippen LogP contribution in [-0.4, -0.2) is 31.2 Å². The van der Waals surface area contributed by atoms with Crippen LogP contribution >= 0.6 is 0 Å². The van der Waals surface area contributed by atoms with Crippen molar-refractivity contribution in [1.29, 1.82) is 0 Å². The third-order valence-electron chi connectivity index (χ3n) is 0. The molecule has 0 radical (unpaired) electrons. The topological polar surface area (TPSA) is 224 Å². The van der Waals surface area contributed by atoms with Crippen molar-refractivity contribution in [3.8, 4) is 0 Å². The van der Waals surface area contributed by atoms with E-state index in [1.165, 1.54) is 0 Å². The quantitative estimate of drug-likeness (QED) is 0.230. The Kier molecular flexibility index (Phi) is 47.3. The summed E-state index contributed by atoms with van der Waals surface area (Å²) in [5, 5.41) is 42.0. The van der Waals surface area contributed by atoms with Crippen LogP contribution < -0.4 is 29.6 Å². The number of hydrogen-bond acceptors (Lipinski definition) is 7. The Hall–Kier alpha value is -1.44. The van der Waals surface area contributed by atoms with E-state index in [9.17, 15) is 0 Å². The molecule has 0 heterocycles. The van der Waals surface area contributed by atoms with Crippen molar-refractivity contribution in [1.82, 2.24) is 0 Å². The van der Waals surface area contributed by atoms with Gasteiger partial charge in [0.05, 0.1) is 5.09 Å². The van der Waals surface area contributed by atoms with E-state index in [2.05, 4.69) is 0 Å². The molecule has 0 aromatic heterocycles. The van der Waals surface area contributed by atoms with Gasteiger partial charge in [-0.25, -0.2) is 0 Å². The van der Waals surface area contributed by atoms with Crippen LogP contribution in [0.4, 0.5) is 0 Å².